The summed E-state index contributed by atoms with van der Waals surface area (Å²) in [4.78, 5) is 9.91. The topological polar surface area (TPSA) is 108 Å². The Balaban J connectivity index is 1.33. The van der Waals surface area contributed by atoms with Crippen molar-refractivity contribution >= 4 is 32.4 Å². The van der Waals surface area contributed by atoms with Gasteiger partial charge in [0.25, 0.3) is 0 Å². The van der Waals surface area contributed by atoms with E-state index in [4.69, 9.17) is 0 Å². The molecule has 206 valence electrons. The SMILES string of the molecule is CS(=O)(=O)Nc1cc(-c2cnc3[nH]cc(-c4ccn(Cc5cc(F)cc(F)c5)n4)c3c2)ccc1N1CCNCC1. The average molecular weight is 564 g/mol. The fraction of sp³-hybridized carbons (Fsp3) is 0.214. The fourth-order valence-electron chi connectivity index (χ4n) is 5.03. The minimum Gasteiger partial charge on any atom is -0.367 e. The number of aromatic amines is 1. The monoisotopic (exact) mass is 563 g/mol. The summed E-state index contributed by atoms with van der Waals surface area (Å²) in [6.45, 7) is 3.42. The summed E-state index contributed by atoms with van der Waals surface area (Å²) >= 11 is 0. The summed E-state index contributed by atoms with van der Waals surface area (Å²) in [5.74, 6) is -1.26. The van der Waals surface area contributed by atoms with E-state index in [0.29, 0.717) is 22.6 Å². The Morgan fingerprint density at radius 2 is 1.77 bits per heavy atom. The normalized spacial score (nSPS) is 14.1. The van der Waals surface area contributed by atoms with E-state index in [2.05, 4.69) is 30.0 Å². The van der Waals surface area contributed by atoms with Gasteiger partial charge in [-0.05, 0) is 47.5 Å². The molecule has 0 unspecified atom stereocenters. The smallest absolute Gasteiger partial charge is 0.229 e. The molecule has 1 aliphatic rings. The molecular weight excluding hydrogens is 536 g/mol. The number of aromatic nitrogens is 4. The largest absolute Gasteiger partial charge is 0.367 e. The van der Waals surface area contributed by atoms with Gasteiger partial charge in [0, 0.05) is 67.3 Å². The van der Waals surface area contributed by atoms with Crippen molar-refractivity contribution in [3.8, 4) is 22.4 Å². The molecule has 12 heteroatoms. The van der Waals surface area contributed by atoms with Gasteiger partial charge in [-0.15, -0.1) is 0 Å². The van der Waals surface area contributed by atoms with Crippen LogP contribution >= 0.6 is 0 Å². The van der Waals surface area contributed by atoms with Crippen LogP contribution in [-0.4, -0.2) is 60.6 Å². The van der Waals surface area contributed by atoms with Gasteiger partial charge in [-0.2, -0.15) is 5.10 Å². The van der Waals surface area contributed by atoms with Crippen molar-refractivity contribution in [2.75, 3.05) is 42.1 Å². The average Bonchev–Trinajstić information content (AvgIpc) is 3.54. The Bertz CT molecular complexity index is 1790. The summed E-state index contributed by atoms with van der Waals surface area (Å²) in [7, 11) is -3.50. The van der Waals surface area contributed by atoms with Crippen molar-refractivity contribution < 1.29 is 17.2 Å². The summed E-state index contributed by atoms with van der Waals surface area (Å²) in [6, 6.07) is 13.0. The maximum absolute atomic E-state index is 13.6. The first kappa shape index (κ1) is 26.0. The van der Waals surface area contributed by atoms with Gasteiger partial charge in [0.1, 0.15) is 17.3 Å². The van der Waals surface area contributed by atoms with Crippen LogP contribution in [0.5, 0.6) is 0 Å². The lowest BCUT2D eigenvalue weighted by atomic mass is 10.0. The van der Waals surface area contributed by atoms with E-state index in [0.717, 1.165) is 66.3 Å². The van der Waals surface area contributed by atoms with Crippen LogP contribution < -0.4 is 14.9 Å². The molecule has 2 aromatic carbocycles. The first-order chi connectivity index (χ1) is 19.2. The number of piperazine rings is 1. The highest BCUT2D eigenvalue weighted by Gasteiger charge is 2.18. The number of fused-ring (bicyclic) bond motifs is 1. The van der Waals surface area contributed by atoms with E-state index in [-0.39, 0.29) is 6.54 Å². The van der Waals surface area contributed by atoms with E-state index in [1.54, 1.807) is 17.1 Å². The van der Waals surface area contributed by atoms with Crippen molar-refractivity contribution in [3.05, 3.63) is 84.3 Å². The summed E-state index contributed by atoms with van der Waals surface area (Å²) < 4.78 is 55.9. The number of halogens is 2. The maximum Gasteiger partial charge on any atom is 0.229 e. The van der Waals surface area contributed by atoms with Crippen molar-refractivity contribution in [1.82, 2.24) is 25.1 Å². The van der Waals surface area contributed by atoms with Crippen molar-refractivity contribution in [2.45, 2.75) is 6.54 Å². The van der Waals surface area contributed by atoms with Gasteiger partial charge in [0.05, 0.1) is 29.9 Å². The van der Waals surface area contributed by atoms with Gasteiger partial charge < -0.3 is 15.2 Å². The van der Waals surface area contributed by atoms with Crippen LogP contribution in [0.15, 0.2) is 67.1 Å². The van der Waals surface area contributed by atoms with E-state index in [1.165, 1.54) is 12.1 Å². The molecular formula is C28H27F2N7O2S. The van der Waals surface area contributed by atoms with Gasteiger partial charge >= 0.3 is 0 Å². The number of hydrogen-bond donors (Lipinski definition) is 3. The maximum atomic E-state index is 13.6. The van der Waals surface area contributed by atoms with Crippen molar-refractivity contribution in [2.24, 2.45) is 0 Å². The number of sulfonamides is 1. The van der Waals surface area contributed by atoms with E-state index in [1.807, 2.05) is 36.5 Å². The molecule has 9 nitrogen and oxygen atoms in total. The van der Waals surface area contributed by atoms with Crippen LogP contribution in [0.4, 0.5) is 20.2 Å². The molecule has 1 saturated heterocycles. The third-order valence-corrected chi connectivity index (χ3v) is 7.39. The zero-order valence-electron chi connectivity index (χ0n) is 21.7. The molecule has 0 aliphatic carbocycles. The standard InChI is InChI=1S/C28H27F2N7O2S/c1-40(38,39)35-26-13-19(2-3-27(26)36-8-5-31-6-9-36)20-12-23-24(16-33-28(23)32-15-20)25-4-7-37(34-25)17-18-10-21(29)14-22(30)11-18/h2-4,7,10-16,31,35H,5-6,8-9,17H2,1H3,(H,32,33). The minimum atomic E-state index is -3.50. The zero-order chi connectivity index (χ0) is 27.9. The molecule has 0 spiro atoms. The molecule has 0 saturated carbocycles. The number of nitrogens with zero attached hydrogens (tertiary/aromatic N) is 4. The number of pyridine rings is 1. The molecule has 6 rings (SSSR count). The number of rotatable bonds is 7. The highest BCUT2D eigenvalue weighted by atomic mass is 32.2. The molecule has 5 aromatic rings. The molecule has 0 atom stereocenters. The number of nitrogens with one attached hydrogen (secondary N) is 3. The Hall–Kier alpha value is -4.29. The predicted molar refractivity (Wildman–Crippen MR) is 152 cm³/mol. The Labute approximate surface area is 229 Å². The van der Waals surface area contributed by atoms with Crippen LogP contribution in [0.1, 0.15) is 5.56 Å². The molecule has 0 bridgehead atoms. The minimum absolute atomic E-state index is 0.218. The van der Waals surface area contributed by atoms with Gasteiger partial charge in [0.15, 0.2) is 0 Å². The molecule has 4 heterocycles. The molecule has 40 heavy (non-hydrogen) atoms. The lowest BCUT2D eigenvalue weighted by molar-refractivity contribution is 0.574. The second-order valence-corrected chi connectivity index (χ2v) is 11.6. The second-order valence-electron chi connectivity index (χ2n) is 9.84. The molecule has 1 fully saturated rings. The van der Waals surface area contributed by atoms with E-state index < -0.39 is 21.7 Å². The fourth-order valence-corrected chi connectivity index (χ4v) is 5.60. The third-order valence-electron chi connectivity index (χ3n) is 6.80. The highest BCUT2D eigenvalue weighted by molar-refractivity contribution is 7.92. The van der Waals surface area contributed by atoms with Crippen molar-refractivity contribution in [3.63, 3.8) is 0 Å². The number of hydrogen-bond acceptors (Lipinski definition) is 6. The quantitative estimate of drug-likeness (QED) is 0.274. The highest BCUT2D eigenvalue weighted by Crippen LogP contribution is 2.35. The Morgan fingerprint density at radius 1 is 1.00 bits per heavy atom. The summed E-state index contributed by atoms with van der Waals surface area (Å²) in [5.41, 5.74) is 5.61. The Morgan fingerprint density at radius 3 is 2.52 bits per heavy atom. The van der Waals surface area contributed by atoms with Gasteiger partial charge in [-0.1, -0.05) is 6.07 Å². The van der Waals surface area contributed by atoms with E-state index >= 15 is 0 Å². The zero-order valence-corrected chi connectivity index (χ0v) is 22.5. The molecule has 0 radical (unpaired) electrons. The van der Waals surface area contributed by atoms with Crippen LogP contribution in [0.2, 0.25) is 0 Å². The number of H-pyrrole nitrogens is 1. The van der Waals surface area contributed by atoms with Gasteiger partial charge in [-0.3, -0.25) is 9.40 Å². The Kier molecular flexibility index (Phi) is 6.72. The molecule has 3 aromatic heterocycles. The molecule has 0 amide bonds. The number of anilines is 2. The predicted octanol–water partition coefficient (Wildman–Crippen LogP) is 4.20. The van der Waals surface area contributed by atoms with Crippen LogP contribution in [0, 0.1) is 11.6 Å². The first-order valence-electron chi connectivity index (χ1n) is 12.8. The lowest BCUT2D eigenvalue weighted by Crippen LogP contribution is -2.43. The second kappa shape index (κ2) is 10.4. The molecule has 3 N–H and O–H groups in total. The third kappa shape index (κ3) is 5.54. The van der Waals surface area contributed by atoms with Crippen LogP contribution in [-0.2, 0) is 16.6 Å². The number of benzene rings is 2. The van der Waals surface area contributed by atoms with Crippen molar-refractivity contribution in [1.29, 1.82) is 0 Å². The molecule has 1 aliphatic heterocycles. The van der Waals surface area contributed by atoms with Crippen LogP contribution in [0.25, 0.3) is 33.4 Å². The lowest BCUT2D eigenvalue weighted by Gasteiger charge is -2.31. The van der Waals surface area contributed by atoms with Crippen LogP contribution in [0.3, 0.4) is 0 Å². The summed E-state index contributed by atoms with van der Waals surface area (Å²) in [6.07, 6.45) is 6.46. The van der Waals surface area contributed by atoms with E-state index in [9.17, 15) is 17.2 Å². The first-order valence-corrected chi connectivity index (χ1v) is 14.6. The van der Waals surface area contributed by atoms with Gasteiger partial charge in [-0.25, -0.2) is 22.2 Å². The van der Waals surface area contributed by atoms with Gasteiger partial charge in [0.2, 0.25) is 10.0 Å². The summed E-state index contributed by atoms with van der Waals surface area (Å²) in [5, 5.41) is 8.76.